The van der Waals surface area contributed by atoms with E-state index in [-0.39, 0.29) is 18.6 Å². The van der Waals surface area contributed by atoms with Gasteiger partial charge in [0.1, 0.15) is 18.1 Å². The molecule has 5 nitrogen and oxygen atoms in total. The largest absolute Gasteiger partial charge is 0.486 e. The Bertz CT molecular complexity index is 701. The number of carbonyl (C=O) groups is 1. The van der Waals surface area contributed by atoms with Crippen molar-refractivity contribution in [3.8, 4) is 5.75 Å². The van der Waals surface area contributed by atoms with E-state index >= 15 is 0 Å². The highest BCUT2D eigenvalue weighted by atomic mass is 79.9. The van der Waals surface area contributed by atoms with Crippen molar-refractivity contribution >= 4 is 21.8 Å². The second kappa shape index (κ2) is 7.85. The van der Waals surface area contributed by atoms with E-state index in [1.54, 1.807) is 12.1 Å². The van der Waals surface area contributed by atoms with Gasteiger partial charge < -0.3 is 19.8 Å². The van der Waals surface area contributed by atoms with E-state index in [0.29, 0.717) is 17.6 Å². The molecule has 128 valence electrons. The number of hydrogen-bond donors (Lipinski definition) is 2. The van der Waals surface area contributed by atoms with Gasteiger partial charge in [0.05, 0.1) is 0 Å². The summed E-state index contributed by atoms with van der Waals surface area (Å²) in [4.78, 5) is 12.3. The van der Waals surface area contributed by atoms with Crippen LogP contribution in [-0.2, 0) is 6.61 Å². The van der Waals surface area contributed by atoms with Gasteiger partial charge in [-0.15, -0.1) is 0 Å². The Kier molecular flexibility index (Phi) is 5.58. The second-order valence-corrected chi connectivity index (χ2v) is 6.98. The fourth-order valence-electron chi connectivity index (χ4n) is 2.81. The van der Waals surface area contributed by atoms with Crippen LogP contribution in [0.2, 0.25) is 0 Å². The summed E-state index contributed by atoms with van der Waals surface area (Å²) in [5, 5.41) is 6.41. The molecular formula is C18H21BrN2O3. The lowest BCUT2D eigenvalue weighted by atomic mass is 10.0. The number of amides is 1. The van der Waals surface area contributed by atoms with Crippen molar-refractivity contribution in [1.29, 1.82) is 0 Å². The number of piperidine rings is 1. The maximum atomic E-state index is 12.3. The number of benzene rings is 1. The molecule has 1 aromatic heterocycles. The molecule has 0 radical (unpaired) electrons. The lowest BCUT2D eigenvalue weighted by Gasteiger charge is -2.28. The van der Waals surface area contributed by atoms with Crippen LogP contribution in [0.3, 0.4) is 0 Å². The number of ether oxygens (including phenoxy) is 1. The topological polar surface area (TPSA) is 63.5 Å². The number of carbonyl (C=O) groups excluding carboxylic acids is 1. The zero-order chi connectivity index (χ0) is 16.9. The van der Waals surface area contributed by atoms with Crippen LogP contribution < -0.4 is 15.4 Å². The monoisotopic (exact) mass is 392 g/mol. The minimum absolute atomic E-state index is 0.164. The van der Waals surface area contributed by atoms with Crippen molar-refractivity contribution in [2.45, 2.75) is 38.5 Å². The second-order valence-electron chi connectivity index (χ2n) is 6.06. The van der Waals surface area contributed by atoms with E-state index in [4.69, 9.17) is 9.15 Å². The van der Waals surface area contributed by atoms with E-state index in [1.807, 2.05) is 24.3 Å². The van der Waals surface area contributed by atoms with Gasteiger partial charge in [0.15, 0.2) is 5.76 Å². The molecule has 0 aliphatic carbocycles. The van der Waals surface area contributed by atoms with E-state index in [9.17, 15) is 4.79 Å². The first-order valence-corrected chi connectivity index (χ1v) is 8.91. The third-order valence-electron chi connectivity index (χ3n) is 4.02. The maximum Gasteiger partial charge on any atom is 0.287 e. The average molecular weight is 393 g/mol. The predicted molar refractivity (Wildman–Crippen MR) is 95.1 cm³/mol. The quantitative estimate of drug-likeness (QED) is 0.817. The summed E-state index contributed by atoms with van der Waals surface area (Å²) in [6.45, 7) is 3.34. The highest BCUT2D eigenvalue weighted by Gasteiger charge is 2.21. The molecule has 0 bridgehead atoms. The number of hydrogen-bond acceptors (Lipinski definition) is 4. The molecule has 1 saturated heterocycles. The SMILES string of the molecule is CC1CC(NC(=O)c2ccc(COc3cccc(Br)c3)o2)CCN1. The number of furan rings is 1. The Balaban J connectivity index is 1.53. The highest BCUT2D eigenvalue weighted by molar-refractivity contribution is 9.10. The molecule has 2 atom stereocenters. The van der Waals surface area contributed by atoms with E-state index < -0.39 is 0 Å². The van der Waals surface area contributed by atoms with Crippen LogP contribution in [0.25, 0.3) is 0 Å². The summed E-state index contributed by atoms with van der Waals surface area (Å²) in [5.74, 6) is 1.53. The van der Waals surface area contributed by atoms with Gasteiger partial charge in [-0.25, -0.2) is 0 Å². The fourth-order valence-corrected chi connectivity index (χ4v) is 3.19. The van der Waals surface area contributed by atoms with Gasteiger partial charge in [-0.2, -0.15) is 0 Å². The molecule has 6 heteroatoms. The minimum atomic E-state index is -0.164. The van der Waals surface area contributed by atoms with Crippen LogP contribution in [0.1, 0.15) is 36.1 Å². The lowest BCUT2D eigenvalue weighted by molar-refractivity contribution is 0.0893. The van der Waals surface area contributed by atoms with Crippen molar-refractivity contribution in [2.75, 3.05) is 6.54 Å². The molecule has 2 heterocycles. The highest BCUT2D eigenvalue weighted by Crippen LogP contribution is 2.19. The van der Waals surface area contributed by atoms with Gasteiger partial charge in [-0.05, 0) is 56.6 Å². The van der Waals surface area contributed by atoms with Crippen LogP contribution >= 0.6 is 15.9 Å². The standard InChI is InChI=1S/C18H21BrN2O3/c1-12-9-14(7-8-20-12)21-18(22)17-6-5-16(24-17)11-23-15-4-2-3-13(19)10-15/h2-6,10,12,14,20H,7-9,11H2,1H3,(H,21,22). The first-order chi connectivity index (χ1) is 11.6. The third kappa shape index (κ3) is 4.61. The van der Waals surface area contributed by atoms with Gasteiger partial charge >= 0.3 is 0 Å². The Morgan fingerprint density at radius 3 is 3.08 bits per heavy atom. The van der Waals surface area contributed by atoms with Gasteiger partial charge in [-0.1, -0.05) is 22.0 Å². The Labute approximate surface area is 149 Å². The van der Waals surface area contributed by atoms with Gasteiger partial charge in [-0.3, -0.25) is 4.79 Å². The molecule has 1 aliphatic rings. The van der Waals surface area contributed by atoms with Crippen molar-refractivity contribution in [2.24, 2.45) is 0 Å². The van der Waals surface area contributed by atoms with Crippen molar-refractivity contribution in [3.63, 3.8) is 0 Å². The predicted octanol–water partition coefficient (Wildman–Crippen LogP) is 3.49. The minimum Gasteiger partial charge on any atom is -0.486 e. The molecule has 0 spiro atoms. The molecular weight excluding hydrogens is 372 g/mol. The first kappa shape index (κ1) is 17.0. The van der Waals surface area contributed by atoms with Crippen LogP contribution in [-0.4, -0.2) is 24.5 Å². The van der Waals surface area contributed by atoms with Crippen LogP contribution in [0.4, 0.5) is 0 Å². The van der Waals surface area contributed by atoms with E-state index in [1.165, 1.54) is 0 Å². The van der Waals surface area contributed by atoms with Gasteiger partial charge in [0, 0.05) is 16.6 Å². The zero-order valence-electron chi connectivity index (χ0n) is 13.5. The molecule has 24 heavy (non-hydrogen) atoms. The summed E-state index contributed by atoms with van der Waals surface area (Å²) in [7, 11) is 0. The zero-order valence-corrected chi connectivity index (χ0v) is 15.1. The molecule has 2 unspecified atom stereocenters. The molecule has 1 aromatic carbocycles. The van der Waals surface area contributed by atoms with E-state index in [0.717, 1.165) is 29.6 Å². The third-order valence-corrected chi connectivity index (χ3v) is 4.51. The van der Waals surface area contributed by atoms with Crippen LogP contribution in [0.15, 0.2) is 45.3 Å². The van der Waals surface area contributed by atoms with E-state index in [2.05, 4.69) is 33.5 Å². The Hall–Kier alpha value is -1.79. The molecule has 3 rings (SSSR count). The smallest absolute Gasteiger partial charge is 0.287 e. The van der Waals surface area contributed by atoms with Crippen LogP contribution in [0, 0.1) is 0 Å². The Morgan fingerprint density at radius 2 is 2.29 bits per heavy atom. The Morgan fingerprint density at radius 1 is 1.42 bits per heavy atom. The molecule has 1 fully saturated rings. The lowest BCUT2D eigenvalue weighted by Crippen LogP contribution is -2.46. The normalized spacial score (nSPS) is 20.6. The molecule has 2 N–H and O–H groups in total. The van der Waals surface area contributed by atoms with Gasteiger partial charge in [0.25, 0.3) is 5.91 Å². The van der Waals surface area contributed by atoms with Crippen LogP contribution in [0.5, 0.6) is 5.75 Å². The maximum absolute atomic E-state index is 12.3. The van der Waals surface area contributed by atoms with Gasteiger partial charge in [0.2, 0.25) is 0 Å². The first-order valence-electron chi connectivity index (χ1n) is 8.11. The summed E-state index contributed by atoms with van der Waals surface area (Å²) >= 11 is 3.40. The average Bonchev–Trinajstić information content (AvgIpc) is 3.02. The van der Waals surface area contributed by atoms with Crippen molar-refractivity contribution in [3.05, 3.63) is 52.4 Å². The summed E-state index contributed by atoms with van der Waals surface area (Å²) in [5.41, 5.74) is 0. The molecule has 1 aliphatic heterocycles. The fraction of sp³-hybridized carbons (Fsp3) is 0.389. The number of rotatable bonds is 5. The number of halogens is 1. The number of nitrogens with one attached hydrogen (secondary N) is 2. The van der Waals surface area contributed by atoms with Crippen molar-refractivity contribution < 1.29 is 13.9 Å². The molecule has 0 saturated carbocycles. The molecule has 1 amide bonds. The summed E-state index contributed by atoms with van der Waals surface area (Å²) < 4.78 is 12.2. The van der Waals surface area contributed by atoms with Crippen molar-refractivity contribution in [1.82, 2.24) is 10.6 Å². The summed E-state index contributed by atoms with van der Waals surface area (Å²) in [6.07, 6.45) is 1.88. The molecule has 2 aromatic rings. The summed E-state index contributed by atoms with van der Waals surface area (Å²) in [6, 6.07) is 11.7.